The Labute approximate surface area is 95.2 Å². The van der Waals surface area contributed by atoms with Crippen LogP contribution in [0, 0.1) is 0 Å². The lowest BCUT2D eigenvalue weighted by molar-refractivity contribution is 0.0479. The molecule has 0 aliphatic carbocycles. The number of benzene rings is 1. The van der Waals surface area contributed by atoms with Gasteiger partial charge in [0.15, 0.2) is 5.78 Å². The fourth-order valence-corrected chi connectivity index (χ4v) is 1.35. The second kappa shape index (κ2) is 5.89. The molecule has 2 nitrogen and oxygen atoms in total. The predicted molar refractivity (Wildman–Crippen MR) is 61.5 cm³/mol. The van der Waals surface area contributed by atoms with Gasteiger partial charge >= 0.3 is 0 Å². The van der Waals surface area contributed by atoms with Crippen molar-refractivity contribution in [2.45, 2.75) is 26.4 Å². The van der Waals surface area contributed by atoms with E-state index in [2.05, 4.69) is 0 Å². The Hall–Kier alpha value is -0.860. The van der Waals surface area contributed by atoms with Gasteiger partial charge in [0.25, 0.3) is 0 Å². The zero-order chi connectivity index (χ0) is 11.3. The quantitative estimate of drug-likeness (QED) is 0.720. The maximum absolute atomic E-state index is 11.8. The van der Waals surface area contributed by atoms with E-state index >= 15 is 0 Å². The number of ketones is 1. The molecule has 0 bridgehead atoms. The van der Waals surface area contributed by atoms with Gasteiger partial charge in [0.05, 0.1) is 0 Å². The normalized spacial score (nSPS) is 12.5. The number of carbonyl (C=O) groups is 1. The van der Waals surface area contributed by atoms with E-state index in [9.17, 15) is 4.79 Å². The van der Waals surface area contributed by atoms with Gasteiger partial charge in [-0.2, -0.15) is 0 Å². The SMILES string of the molecule is CCCOC(C)C(=O)c1ccc(Cl)cc1. The largest absolute Gasteiger partial charge is 0.370 e. The van der Waals surface area contributed by atoms with Gasteiger partial charge in [0, 0.05) is 17.2 Å². The molecule has 0 aliphatic rings. The van der Waals surface area contributed by atoms with Crippen LogP contribution in [-0.2, 0) is 4.74 Å². The van der Waals surface area contributed by atoms with Crippen molar-refractivity contribution in [2.75, 3.05) is 6.61 Å². The molecule has 3 heteroatoms. The minimum absolute atomic E-state index is 0.000108. The molecule has 0 aliphatic heterocycles. The second-order valence-corrected chi connectivity index (χ2v) is 3.82. The Morgan fingerprint density at radius 3 is 2.53 bits per heavy atom. The van der Waals surface area contributed by atoms with Crippen LogP contribution < -0.4 is 0 Å². The molecular formula is C12H15ClO2. The van der Waals surface area contributed by atoms with Crippen molar-refractivity contribution >= 4 is 17.4 Å². The van der Waals surface area contributed by atoms with Crippen LogP contribution in [0.3, 0.4) is 0 Å². The summed E-state index contributed by atoms with van der Waals surface area (Å²) in [7, 11) is 0. The van der Waals surface area contributed by atoms with E-state index in [-0.39, 0.29) is 11.9 Å². The van der Waals surface area contributed by atoms with Crippen LogP contribution in [0.5, 0.6) is 0 Å². The third-order valence-corrected chi connectivity index (χ3v) is 2.32. The van der Waals surface area contributed by atoms with Crippen LogP contribution in [0.2, 0.25) is 5.02 Å². The summed E-state index contributed by atoms with van der Waals surface area (Å²) in [6.45, 7) is 4.40. The molecule has 15 heavy (non-hydrogen) atoms. The summed E-state index contributed by atoms with van der Waals surface area (Å²) >= 11 is 5.74. The van der Waals surface area contributed by atoms with Crippen LogP contribution >= 0.6 is 11.6 Å². The highest BCUT2D eigenvalue weighted by atomic mass is 35.5. The van der Waals surface area contributed by atoms with Crippen molar-refractivity contribution in [1.29, 1.82) is 0 Å². The van der Waals surface area contributed by atoms with Crippen LogP contribution in [0.4, 0.5) is 0 Å². The minimum atomic E-state index is -0.383. The molecule has 1 rings (SSSR count). The molecule has 0 spiro atoms. The summed E-state index contributed by atoms with van der Waals surface area (Å²) in [5.41, 5.74) is 0.642. The van der Waals surface area contributed by atoms with Crippen molar-refractivity contribution in [3.8, 4) is 0 Å². The summed E-state index contributed by atoms with van der Waals surface area (Å²) in [5.74, 6) is 0.000108. The van der Waals surface area contributed by atoms with Gasteiger partial charge in [0.1, 0.15) is 6.10 Å². The molecule has 0 amide bonds. The molecule has 0 saturated carbocycles. The summed E-state index contributed by atoms with van der Waals surface area (Å²) in [4.78, 5) is 11.8. The molecule has 82 valence electrons. The van der Waals surface area contributed by atoms with E-state index in [0.717, 1.165) is 6.42 Å². The zero-order valence-electron chi connectivity index (χ0n) is 9.00. The molecular weight excluding hydrogens is 212 g/mol. The van der Waals surface area contributed by atoms with Crippen molar-refractivity contribution in [3.05, 3.63) is 34.9 Å². The fraction of sp³-hybridized carbons (Fsp3) is 0.417. The van der Waals surface area contributed by atoms with Crippen LogP contribution in [0.25, 0.3) is 0 Å². The van der Waals surface area contributed by atoms with Gasteiger partial charge in [-0.3, -0.25) is 4.79 Å². The summed E-state index contributed by atoms with van der Waals surface area (Å²) < 4.78 is 5.36. The van der Waals surface area contributed by atoms with Gasteiger partial charge in [-0.25, -0.2) is 0 Å². The van der Waals surface area contributed by atoms with Gasteiger partial charge in [-0.05, 0) is 37.6 Å². The molecule has 1 unspecified atom stereocenters. The average molecular weight is 227 g/mol. The fourth-order valence-electron chi connectivity index (χ4n) is 1.22. The summed E-state index contributed by atoms with van der Waals surface area (Å²) in [6, 6.07) is 6.86. The average Bonchev–Trinajstić information content (AvgIpc) is 2.26. The van der Waals surface area contributed by atoms with E-state index in [1.54, 1.807) is 31.2 Å². The van der Waals surface area contributed by atoms with Crippen molar-refractivity contribution in [1.82, 2.24) is 0 Å². The van der Waals surface area contributed by atoms with Crippen molar-refractivity contribution in [3.63, 3.8) is 0 Å². The number of hydrogen-bond acceptors (Lipinski definition) is 2. The number of carbonyl (C=O) groups excluding carboxylic acids is 1. The Morgan fingerprint density at radius 2 is 2.00 bits per heavy atom. The van der Waals surface area contributed by atoms with E-state index in [0.29, 0.717) is 17.2 Å². The first-order valence-electron chi connectivity index (χ1n) is 5.06. The molecule has 0 heterocycles. The Balaban J connectivity index is 2.63. The lowest BCUT2D eigenvalue weighted by Gasteiger charge is -2.11. The number of ether oxygens (including phenoxy) is 1. The zero-order valence-corrected chi connectivity index (χ0v) is 9.75. The Bertz CT molecular complexity index is 319. The monoisotopic (exact) mass is 226 g/mol. The number of hydrogen-bond donors (Lipinski definition) is 0. The molecule has 1 aromatic carbocycles. The number of halogens is 1. The highest BCUT2D eigenvalue weighted by molar-refractivity contribution is 6.30. The third-order valence-electron chi connectivity index (χ3n) is 2.07. The number of rotatable bonds is 5. The molecule has 1 atom stereocenters. The van der Waals surface area contributed by atoms with E-state index in [4.69, 9.17) is 16.3 Å². The van der Waals surface area contributed by atoms with Crippen molar-refractivity contribution in [2.24, 2.45) is 0 Å². The molecule has 0 fully saturated rings. The van der Waals surface area contributed by atoms with Gasteiger partial charge in [-0.1, -0.05) is 18.5 Å². The smallest absolute Gasteiger partial charge is 0.191 e. The summed E-state index contributed by atoms with van der Waals surface area (Å²) in [6.07, 6.45) is 0.532. The maximum Gasteiger partial charge on any atom is 0.191 e. The second-order valence-electron chi connectivity index (χ2n) is 3.38. The van der Waals surface area contributed by atoms with Crippen LogP contribution in [-0.4, -0.2) is 18.5 Å². The predicted octanol–water partition coefficient (Wildman–Crippen LogP) is 3.34. The molecule has 0 N–H and O–H groups in total. The summed E-state index contributed by atoms with van der Waals surface area (Å²) in [5, 5.41) is 0.633. The standard InChI is InChI=1S/C12H15ClO2/c1-3-8-15-9(2)12(14)10-4-6-11(13)7-5-10/h4-7,9H,3,8H2,1-2H3. The van der Waals surface area contributed by atoms with Crippen molar-refractivity contribution < 1.29 is 9.53 Å². The molecule has 1 aromatic rings. The van der Waals surface area contributed by atoms with Gasteiger partial charge < -0.3 is 4.74 Å². The first-order chi connectivity index (χ1) is 7.15. The lowest BCUT2D eigenvalue weighted by Crippen LogP contribution is -2.21. The number of Topliss-reactive ketones (excluding diaryl/α,β-unsaturated/α-hetero) is 1. The highest BCUT2D eigenvalue weighted by Crippen LogP contribution is 2.12. The molecule has 0 aromatic heterocycles. The van der Waals surface area contributed by atoms with Gasteiger partial charge in [0.2, 0.25) is 0 Å². The van der Waals surface area contributed by atoms with E-state index in [1.165, 1.54) is 0 Å². The first-order valence-corrected chi connectivity index (χ1v) is 5.44. The topological polar surface area (TPSA) is 26.3 Å². The van der Waals surface area contributed by atoms with E-state index in [1.807, 2.05) is 6.92 Å². The lowest BCUT2D eigenvalue weighted by atomic mass is 10.1. The van der Waals surface area contributed by atoms with Crippen LogP contribution in [0.15, 0.2) is 24.3 Å². The van der Waals surface area contributed by atoms with Gasteiger partial charge in [-0.15, -0.1) is 0 Å². The first kappa shape index (κ1) is 12.2. The Kier molecular flexibility index (Phi) is 4.79. The molecule has 0 saturated heterocycles. The third kappa shape index (κ3) is 3.65. The Morgan fingerprint density at radius 1 is 1.40 bits per heavy atom. The van der Waals surface area contributed by atoms with Crippen LogP contribution in [0.1, 0.15) is 30.6 Å². The minimum Gasteiger partial charge on any atom is -0.370 e. The maximum atomic E-state index is 11.8. The highest BCUT2D eigenvalue weighted by Gasteiger charge is 2.14. The molecule has 0 radical (unpaired) electrons. The van der Waals surface area contributed by atoms with E-state index < -0.39 is 0 Å².